The number of nitrogens with one attached hydrogen (secondary N) is 1. The molecule has 0 amide bonds. The first kappa shape index (κ1) is 12.1. The topological polar surface area (TPSA) is 45.8 Å². The van der Waals surface area contributed by atoms with Crippen molar-refractivity contribution in [2.45, 2.75) is 13.3 Å². The number of aromatic amines is 1. The first-order chi connectivity index (χ1) is 8.11. The minimum Gasteiger partial charge on any atom is -0.311 e. The molecule has 0 spiro atoms. The van der Waals surface area contributed by atoms with Gasteiger partial charge in [-0.2, -0.15) is 0 Å². The summed E-state index contributed by atoms with van der Waals surface area (Å²) >= 11 is 12.0. The molecular weight excluding hydrogens is 259 g/mol. The third-order valence-electron chi connectivity index (χ3n) is 2.35. The fourth-order valence-electron chi connectivity index (χ4n) is 1.52. The Morgan fingerprint density at radius 2 is 2.12 bits per heavy atom. The van der Waals surface area contributed by atoms with Crippen LogP contribution in [0.3, 0.4) is 0 Å². The lowest BCUT2D eigenvalue weighted by Gasteiger charge is -2.06. The Morgan fingerprint density at radius 3 is 2.82 bits per heavy atom. The lowest BCUT2D eigenvalue weighted by atomic mass is 10.1. The van der Waals surface area contributed by atoms with E-state index < -0.39 is 0 Å². The molecule has 1 heterocycles. The zero-order chi connectivity index (χ0) is 12.4. The van der Waals surface area contributed by atoms with Crippen LogP contribution in [0.2, 0.25) is 10.0 Å². The van der Waals surface area contributed by atoms with E-state index in [1.807, 2.05) is 6.92 Å². The molecule has 0 atom stereocenters. The highest BCUT2D eigenvalue weighted by Gasteiger charge is 2.09. The molecule has 2 aromatic rings. The van der Waals surface area contributed by atoms with Crippen molar-refractivity contribution in [1.29, 1.82) is 0 Å². The number of nitrogens with zero attached hydrogens (tertiary/aromatic N) is 1. The van der Waals surface area contributed by atoms with Crippen molar-refractivity contribution in [2.75, 3.05) is 0 Å². The smallest absolute Gasteiger partial charge is 0.251 e. The van der Waals surface area contributed by atoms with E-state index in [4.69, 9.17) is 23.2 Å². The van der Waals surface area contributed by atoms with Crippen LogP contribution in [-0.2, 0) is 6.42 Å². The minimum atomic E-state index is -0.192. The summed E-state index contributed by atoms with van der Waals surface area (Å²) in [7, 11) is 0. The number of H-pyrrole nitrogens is 1. The summed E-state index contributed by atoms with van der Waals surface area (Å²) < 4.78 is 0. The van der Waals surface area contributed by atoms with E-state index in [1.54, 1.807) is 18.2 Å². The Bertz CT molecular complexity index is 608. The average molecular weight is 269 g/mol. The summed E-state index contributed by atoms with van der Waals surface area (Å²) in [6.45, 7) is 1.92. The van der Waals surface area contributed by atoms with Gasteiger partial charge in [-0.15, -0.1) is 0 Å². The van der Waals surface area contributed by atoms with Gasteiger partial charge in [0.1, 0.15) is 5.82 Å². The Morgan fingerprint density at radius 1 is 1.35 bits per heavy atom. The van der Waals surface area contributed by atoms with Gasteiger partial charge in [-0.1, -0.05) is 42.3 Å². The van der Waals surface area contributed by atoms with Gasteiger partial charge in [0.25, 0.3) is 5.56 Å². The van der Waals surface area contributed by atoms with Gasteiger partial charge >= 0.3 is 0 Å². The summed E-state index contributed by atoms with van der Waals surface area (Å²) in [5.41, 5.74) is 1.01. The van der Waals surface area contributed by atoms with E-state index in [1.165, 1.54) is 6.07 Å². The molecule has 0 radical (unpaired) electrons. The molecule has 0 bridgehead atoms. The zero-order valence-electron chi connectivity index (χ0n) is 9.13. The molecule has 0 saturated carbocycles. The van der Waals surface area contributed by atoms with E-state index in [9.17, 15) is 4.79 Å². The Hall–Kier alpha value is -1.32. The minimum absolute atomic E-state index is 0.192. The van der Waals surface area contributed by atoms with Gasteiger partial charge in [0, 0.05) is 18.1 Å². The third-order valence-corrected chi connectivity index (χ3v) is 3.17. The molecule has 2 rings (SSSR count). The number of hydrogen-bond acceptors (Lipinski definition) is 2. The van der Waals surface area contributed by atoms with Gasteiger partial charge in [-0.25, -0.2) is 4.98 Å². The fourth-order valence-corrected chi connectivity index (χ4v) is 1.91. The van der Waals surface area contributed by atoms with Crippen molar-refractivity contribution in [2.24, 2.45) is 0 Å². The molecule has 0 aliphatic carbocycles. The maximum absolute atomic E-state index is 11.5. The number of aromatic nitrogens is 2. The second-order valence-electron chi connectivity index (χ2n) is 3.53. The first-order valence-corrected chi connectivity index (χ1v) is 5.92. The van der Waals surface area contributed by atoms with E-state index >= 15 is 0 Å². The molecule has 0 aliphatic rings. The zero-order valence-corrected chi connectivity index (χ0v) is 10.6. The summed E-state index contributed by atoms with van der Waals surface area (Å²) in [4.78, 5) is 18.5. The van der Waals surface area contributed by atoms with Crippen LogP contribution in [0.4, 0.5) is 0 Å². The SMILES string of the molecule is CCc1nc(-c2cccc(Cl)c2Cl)cc(=O)[nH]1. The van der Waals surface area contributed by atoms with Crippen LogP contribution in [0.25, 0.3) is 11.3 Å². The van der Waals surface area contributed by atoms with Crippen molar-refractivity contribution in [3.8, 4) is 11.3 Å². The number of hydrogen-bond donors (Lipinski definition) is 1. The van der Waals surface area contributed by atoms with Crippen molar-refractivity contribution in [1.82, 2.24) is 9.97 Å². The summed E-state index contributed by atoms with van der Waals surface area (Å²) in [6.07, 6.45) is 0.654. The fraction of sp³-hybridized carbons (Fsp3) is 0.167. The number of aryl methyl sites for hydroxylation is 1. The molecule has 88 valence electrons. The summed E-state index contributed by atoms with van der Waals surface area (Å²) in [6, 6.07) is 6.67. The van der Waals surface area contributed by atoms with Crippen molar-refractivity contribution in [3.05, 3.63) is 50.5 Å². The monoisotopic (exact) mass is 268 g/mol. The molecule has 1 aromatic carbocycles. The third kappa shape index (κ3) is 2.51. The van der Waals surface area contributed by atoms with Crippen LogP contribution in [0.15, 0.2) is 29.1 Å². The van der Waals surface area contributed by atoms with Gasteiger partial charge in [-0.05, 0) is 6.07 Å². The molecule has 17 heavy (non-hydrogen) atoms. The quantitative estimate of drug-likeness (QED) is 0.909. The Balaban J connectivity index is 2.64. The predicted molar refractivity (Wildman–Crippen MR) is 69.7 cm³/mol. The van der Waals surface area contributed by atoms with Crippen molar-refractivity contribution in [3.63, 3.8) is 0 Å². The predicted octanol–water partition coefficient (Wildman–Crippen LogP) is 3.31. The molecule has 0 fully saturated rings. The molecular formula is C12H10Cl2N2O. The van der Waals surface area contributed by atoms with Gasteiger partial charge in [0.15, 0.2) is 0 Å². The summed E-state index contributed by atoms with van der Waals surface area (Å²) in [5, 5.41) is 0.860. The van der Waals surface area contributed by atoms with Crippen molar-refractivity contribution >= 4 is 23.2 Å². The van der Waals surface area contributed by atoms with Crippen LogP contribution in [-0.4, -0.2) is 9.97 Å². The second-order valence-corrected chi connectivity index (χ2v) is 4.32. The highest BCUT2D eigenvalue weighted by atomic mass is 35.5. The largest absolute Gasteiger partial charge is 0.311 e. The number of benzene rings is 1. The van der Waals surface area contributed by atoms with Crippen LogP contribution in [0, 0.1) is 0 Å². The molecule has 0 saturated heterocycles. The first-order valence-electron chi connectivity index (χ1n) is 5.16. The van der Waals surface area contributed by atoms with Crippen LogP contribution in [0.1, 0.15) is 12.7 Å². The standard InChI is InChI=1S/C12H10Cl2N2O/c1-2-10-15-9(6-11(17)16-10)7-4-3-5-8(13)12(7)14/h3-6H,2H2,1H3,(H,15,16,17). The average Bonchev–Trinajstić information content (AvgIpc) is 2.31. The van der Waals surface area contributed by atoms with Gasteiger partial charge in [-0.3, -0.25) is 4.79 Å². The van der Waals surface area contributed by atoms with E-state index in [-0.39, 0.29) is 5.56 Å². The highest BCUT2D eigenvalue weighted by Crippen LogP contribution is 2.31. The number of rotatable bonds is 2. The molecule has 3 nitrogen and oxygen atoms in total. The summed E-state index contributed by atoms with van der Waals surface area (Å²) in [5.74, 6) is 0.628. The molecule has 5 heteroatoms. The van der Waals surface area contributed by atoms with Gasteiger partial charge in [0.05, 0.1) is 15.7 Å². The normalized spacial score (nSPS) is 10.5. The second kappa shape index (κ2) is 4.90. The van der Waals surface area contributed by atoms with E-state index in [0.29, 0.717) is 33.5 Å². The van der Waals surface area contributed by atoms with Gasteiger partial charge in [0.2, 0.25) is 0 Å². The number of halogens is 2. The molecule has 1 aromatic heterocycles. The van der Waals surface area contributed by atoms with Crippen LogP contribution >= 0.6 is 23.2 Å². The Labute approximate surface area is 108 Å². The highest BCUT2D eigenvalue weighted by molar-refractivity contribution is 6.43. The van der Waals surface area contributed by atoms with Gasteiger partial charge < -0.3 is 4.98 Å². The van der Waals surface area contributed by atoms with Crippen molar-refractivity contribution < 1.29 is 0 Å². The maximum Gasteiger partial charge on any atom is 0.251 e. The maximum atomic E-state index is 11.5. The molecule has 0 aliphatic heterocycles. The van der Waals surface area contributed by atoms with Crippen LogP contribution < -0.4 is 5.56 Å². The van der Waals surface area contributed by atoms with Crippen LogP contribution in [0.5, 0.6) is 0 Å². The lowest BCUT2D eigenvalue weighted by molar-refractivity contribution is 0.924. The molecule has 0 unspecified atom stereocenters. The van der Waals surface area contributed by atoms with E-state index in [2.05, 4.69) is 9.97 Å². The van der Waals surface area contributed by atoms with E-state index in [0.717, 1.165) is 0 Å². The lowest BCUT2D eigenvalue weighted by Crippen LogP contribution is -2.10. The molecule has 1 N–H and O–H groups in total. The Kier molecular flexibility index (Phi) is 3.50.